The van der Waals surface area contributed by atoms with Gasteiger partial charge in [-0.25, -0.2) is 0 Å². The number of hydrogen-bond donors (Lipinski definition) is 0. The minimum absolute atomic E-state index is 0.540. The van der Waals surface area contributed by atoms with E-state index in [4.69, 9.17) is 21.1 Å². The lowest BCUT2D eigenvalue weighted by Gasteiger charge is -2.09. The van der Waals surface area contributed by atoms with Crippen molar-refractivity contribution in [2.45, 2.75) is 0 Å². The van der Waals surface area contributed by atoms with E-state index < -0.39 is 0 Å². The first-order chi connectivity index (χ1) is 10.2. The second kappa shape index (κ2) is 6.83. The zero-order valence-electron chi connectivity index (χ0n) is 11.8. The molecular weight excluding hydrogens is 286 g/mol. The standard InChI is InChI=1S/C17H14ClNO2/c1-20-16-8-5-13(10-17(16)21-2)14(11-19)9-12-3-6-15(18)7-4-12/h3-10H,1-2H3/b14-9+. The molecule has 0 aliphatic heterocycles. The Labute approximate surface area is 129 Å². The van der Waals surface area contributed by atoms with Gasteiger partial charge < -0.3 is 9.47 Å². The van der Waals surface area contributed by atoms with Crippen LogP contribution in [0.25, 0.3) is 11.6 Å². The van der Waals surface area contributed by atoms with Crippen molar-refractivity contribution < 1.29 is 9.47 Å². The number of methoxy groups -OCH3 is 2. The summed E-state index contributed by atoms with van der Waals surface area (Å²) < 4.78 is 10.5. The lowest BCUT2D eigenvalue weighted by atomic mass is 10.0. The highest BCUT2D eigenvalue weighted by Gasteiger charge is 2.08. The number of hydrogen-bond acceptors (Lipinski definition) is 3. The molecular formula is C17H14ClNO2. The molecule has 106 valence electrons. The highest BCUT2D eigenvalue weighted by molar-refractivity contribution is 6.30. The maximum absolute atomic E-state index is 9.37. The van der Waals surface area contributed by atoms with Crippen LogP contribution in [0, 0.1) is 11.3 Å². The molecule has 0 saturated heterocycles. The van der Waals surface area contributed by atoms with Gasteiger partial charge in [-0.05, 0) is 47.5 Å². The molecule has 0 aliphatic carbocycles. The van der Waals surface area contributed by atoms with E-state index in [0.717, 1.165) is 11.1 Å². The van der Waals surface area contributed by atoms with Gasteiger partial charge in [-0.15, -0.1) is 0 Å². The molecule has 0 bridgehead atoms. The normalized spacial score (nSPS) is 10.9. The van der Waals surface area contributed by atoms with E-state index in [9.17, 15) is 5.26 Å². The topological polar surface area (TPSA) is 42.2 Å². The fourth-order valence-electron chi connectivity index (χ4n) is 1.91. The van der Waals surface area contributed by atoms with Crippen LogP contribution in [0.4, 0.5) is 0 Å². The number of rotatable bonds is 4. The van der Waals surface area contributed by atoms with Gasteiger partial charge in [0.05, 0.1) is 25.9 Å². The lowest BCUT2D eigenvalue weighted by molar-refractivity contribution is 0.355. The first kappa shape index (κ1) is 15.0. The molecule has 0 heterocycles. The SMILES string of the molecule is COc1ccc(/C(C#N)=C/c2ccc(Cl)cc2)cc1OC. The van der Waals surface area contributed by atoms with Gasteiger partial charge in [-0.1, -0.05) is 23.7 Å². The minimum atomic E-state index is 0.540. The van der Waals surface area contributed by atoms with Crippen LogP contribution in [-0.2, 0) is 0 Å². The van der Waals surface area contributed by atoms with Crippen LogP contribution in [0.1, 0.15) is 11.1 Å². The van der Waals surface area contributed by atoms with Gasteiger partial charge in [-0.2, -0.15) is 5.26 Å². The Bertz CT molecular complexity index is 700. The van der Waals surface area contributed by atoms with Gasteiger partial charge in [0.15, 0.2) is 11.5 Å². The number of nitriles is 1. The summed E-state index contributed by atoms with van der Waals surface area (Å²) in [6.07, 6.45) is 1.80. The first-order valence-electron chi connectivity index (χ1n) is 6.27. The second-order valence-electron chi connectivity index (χ2n) is 4.29. The van der Waals surface area contributed by atoms with Crippen LogP contribution in [0.2, 0.25) is 5.02 Å². The van der Waals surface area contributed by atoms with Crippen LogP contribution in [0.3, 0.4) is 0 Å². The first-order valence-corrected chi connectivity index (χ1v) is 6.65. The summed E-state index contributed by atoms with van der Waals surface area (Å²) in [7, 11) is 3.14. The highest BCUT2D eigenvalue weighted by Crippen LogP contribution is 2.30. The van der Waals surface area contributed by atoms with Crippen molar-refractivity contribution in [1.82, 2.24) is 0 Å². The molecule has 0 aliphatic rings. The van der Waals surface area contributed by atoms with Crippen LogP contribution in [0.15, 0.2) is 42.5 Å². The van der Waals surface area contributed by atoms with E-state index >= 15 is 0 Å². The molecule has 2 aromatic rings. The highest BCUT2D eigenvalue weighted by atomic mass is 35.5. The number of nitrogens with zero attached hydrogens (tertiary/aromatic N) is 1. The average Bonchev–Trinajstić information content (AvgIpc) is 2.53. The summed E-state index contributed by atoms with van der Waals surface area (Å²) >= 11 is 5.86. The molecule has 3 nitrogen and oxygen atoms in total. The number of benzene rings is 2. The predicted octanol–water partition coefficient (Wildman–Crippen LogP) is 4.42. The summed E-state index contributed by atoms with van der Waals surface area (Å²) in [5.74, 6) is 1.22. The van der Waals surface area contributed by atoms with Crippen molar-refractivity contribution in [1.29, 1.82) is 5.26 Å². The molecule has 2 aromatic carbocycles. The number of allylic oxidation sites excluding steroid dienone is 1. The largest absolute Gasteiger partial charge is 0.493 e. The Morgan fingerprint density at radius 3 is 2.29 bits per heavy atom. The zero-order valence-corrected chi connectivity index (χ0v) is 12.5. The third-order valence-corrected chi connectivity index (χ3v) is 3.25. The Morgan fingerprint density at radius 1 is 1.05 bits per heavy atom. The fourth-order valence-corrected chi connectivity index (χ4v) is 2.04. The molecule has 0 radical (unpaired) electrons. The predicted molar refractivity (Wildman–Crippen MR) is 84.5 cm³/mol. The van der Waals surface area contributed by atoms with Gasteiger partial charge in [0.2, 0.25) is 0 Å². The maximum Gasteiger partial charge on any atom is 0.161 e. The van der Waals surface area contributed by atoms with Gasteiger partial charge >= 0.3 is 0 Å². The summed E-state index contributed by atoms with van der Waals surface area (Å²) in [6.45, 7) is 0. The summed E-state index contributed by atoms with van der Waals surface area (Å²) in [4.78, 5) is 0. The second-order valence-corrected chi connectivity index (χ2v) is 4.73. The van der Waals surface area contributed by atoms with Crippen LogP contribution in [-0.4, -0.2) is 14.2 Å². The smallest absolute Gasteiger partial charge is 0.161 e. The van der Waals surface area contributed by atoms with E-state index in [2.05, 4.69) is 6.07 Å². The Morgan fingerprint density at radius 2 is 1.71 bits per heavy atom. The van der Waals surface area contributed by atoms with Crippen molar-refractivity contribution in [3.63, 3.8) is 0 Å². The summed E-state index contributed by atoms with van der Waals surface area (Å²) in [6, 6.07) is 14.9. The van der Waals surface area contributed by atoms with Gasteiger partial charge in [0.1, 0.15) is 0 Å². The molecule has 0 spiro atoms. The molecule has 0 fully saturated rings. The molecule has 0 saturated carbocycles. The Kier molecular flexibility index (Phi) is 4.86. The van der Waals surface area contributed by atoms with Gasteiger partial charge in [0, 0.05) is 5.02 Å². The Balaban J connectivity index is 2.42. The monoisotopic (exact) mass is 299 g/mol. The van der Waals surface area contributed by atoms with Crippen molar-refractivity contribution in [2.24, 2.45) is 0 Å². The van der Waals surface area contributed by atoms with E-state index in [0.29, 0.717) is 22.1 Å². The zero-order chi connectivity index (χ0) is 15.2. The summed E-state index contributed by atoms with van der Waals surface area (Å²) in [5, 5.41) is 10.0. The average molecular weight is 300 g/mol. The van der Waals surface area contributed by atoms with E-state index in [1.807, 2.05) is 18.2 Å². The van der Waals surface area contributed by atoms with Crippen molar-refractivity contribution in [3.05, 3.63) is 58.6 Å². The third-order valence-electron chi connectivity index (χ3n) is 3.00. The fraction of sp³-hybridized carbons (Fsp3) is 0.118. The van der Waals surface area contributed by atoms with Crippen LogP contribution >= 0.6 is 11.6 Å². The van der Waals surface area contributed by atoms with Crippen molar-refractivity contribution in [3.8, 4) is 17.6 Å². The van der Waals surface area contributed by atoms with Crippen LogP contribution < -0.4 is 9.47 Å². The molecule has 4 heteroatoms. The van der Waals surface area contributed by atoms with Gasteiger partial charge in [0.25, 0.3) is 0 Å². The van der Waals surface area contributed by atoms with Gasteiger partial charge in [-0.3, -0.25) is 0 Å². The number of ether oxygens (including phenoxy) is 2. The third kappa shape index (κ3) is 3.56. The van der Waals surface area contributed by atoms with Crippen molar-refractivity contribution in [2.75, 3.05) is 14.2 Å². The summed E-state index contributed by atoms with van der Waals surface area (Å²) in [5.41, 5.74) is 2.22. The number of halogens is 1. The van der Waals surface area contributed by atoms with Crippen molar-refractivity contribution >= 4 is 23.3 Å². The quantitative estimate of drug-likeness (QED) is 0.620. The Hall–Kier alpha value is -2.44. The molecule has 21 heavy (non-hydrogen) atoms. The van der Waals surface area contributed by atoms with E-state index in [-0.39, 0.29) is 0 Å². The molecule has 2 rings (SSSR count). The molecule has 0 amide bonds. The molecule has 0 unspecified atom stereocenters. The molecule has 0 atom stereocenters. The maximum atomic E-state index is 9.37. The molecule has 0 N–H and O–H groups in total. The van der Waals surface area contributed by atoms with E-state index in [1.54, 1.807) is 44.6 Å². The minimum Gasteiger partial charge on any atom is -0.493 e. The molecule has 0 aromatic heterocycles. The lowest BCUT2D eigenvalue weighted by Crippen LogP contribution is -1.92. The van der Waals surface area contributed by atoms with E-state index in [1.165, 1.54) is 0 Å². The van der Waals surface area contributed by atoms with Crippen LogP contribution in [0.5, 0.6) is 11.5 Å².